The van der Waals surface area contributed by atoms with Crippen molar-refractivity contribution in [2.24, 2.45) is 23.7 Å². The lowest BCUT2D eigenvalue weighted by Gasteiger charge is -2.60. The van der Waals surface area contributed by atoms with E-state index < -0.39 is 23.3 Å². The van der Waals surface area contributed by atoms with Crippen LogP contribution in [-0.4, -0.2) is 45.6 Å². The lowest BCUT2D eigenvalue weighted by molar-refractivity contribution is -0.577. The van der Waals surface area contributed by atoms with Gasteiger partial charge < -0.3 is 23.4 Å². The van der Waals surface area contributed by atoms with Crippen molar-refractivity contribution in [1.82, 2.24) is 15.0 Å². The van der Waals surface area contributed by atoms with Crippen LogP contribution in [0.2, 0.25) is 0 Å². The molecule has 1 aromatic carbocycles. The molecule has 4 saturated heterocycles. The number of rotatable bonds is 8. The van der Waals surface area contributed by atoms with Gasteiger partial charge in [0, 0.05) is 18.3 Å². The molecule has 6 heterocycles. The van der Waals surface area contributed by atoms with Crippen molar-refractivity contribution in [3.63, 3.8) is 0 Å². The highest BCUT2D eigenvalue weighted by molar-refractivity contribution is 5.86. The van der Waals surface area contributed by atoms with Gasteiger partial charge in [-0.3, -0.25) is 0 Å². The highest BCUT2D eigenvalue weighted by Crippen LogP contribution is 2.60. The summed E-state index contributed by atoms with van der Waals surface area (Å²) in [5, 5.41) is 9.24. The van der Waals surface area contributed by atoms with Gasteiger partial charge in [0.2, 0.25) is 5.79 Å². The van der Waals surface area contributed by atoms with Gasteiger partial charge in [0.15, 0.2) is 24.9 Å². The van der Waals surface area contributed by atoms with E-state index in [-0.39, 0.29) is 24.9 Å². The van der Waals surface area contributed by atoms with Crippen molar-refractivity contribution >= 4 is 11.0 Å². The van der Waals surface area contributed by atoms with Crippen LogP contribution in [0, 0.1) is 37.5 Å². The van der Waals surface area contributed by atoms with Crippen LogP contribution in [-0.2, 0) is 37.1 Å². The van der Waals surface area contributed by atoms with Gasteiger partial charge in [-0.2, -0.15) is 0 Å². The molecule has 0 unspecified atom stereocenters. The summed E-state index contributed by atoms with van der Waals surface area (Å²) in [6.45, 7) is 11.0. The lowest BCUT2D eigenvalue weighted by Crippen LogP contribution is -2.70. The van der Waals surface area contributed by atoms with Gasteiger partial charge in [0.25, 0.3) is 0 Å². The van der Waals surface area contributed by atoms with Crippen molar-refractivity contribution < 1.29 is 33.1 Å². The molecule has 4 aliphatic heterocycles. The molecule has 232 valence electrons. The number of benzene rings is 1. The molecule has 0 N–H and O–H groups in total. The van der Waals surface area contributed by atoms with Crippen LogP contribution in [0.15, 0.2) is 33.6 Å². The Kier molecular flexibility index (Phi) is 7.37. The minimum Gasteiger partial charge on any atom is -0.470 e. The summed E-state index contributed by atoms with van der Waals surface area (Å²) in [7, 11) is 0. The van der Waals surface area contributed by atoms with E-state index in [1.807, 2.05) is 39.1 Å². The van der Waals surface area contributed by atoms with Crippen LogP contribution in [0.1, 0.15) is 69.7 Å². The molecule has 3 aromatic rings. The molecule has 5 aliphatic rings. The number of fused-ring (bicyclic) bond motifs is 3. The number of ether oxygens (including phenoxy) is 4. The van der Waals surface area contributed by atoms with E-state index in [0.29, 0.717) is 36.2 Å². The standard InChI is InChI=1S/C32H41N3O8/c1-18-8-10-23-26(15-27(36)39-28(23)20(18)3)38-17-35-16-22(33-34-35)7-6-14-37-29-21(4)25-11-9-19(2)24-12-13-31(5)41-30(40-29)32(24,25)43-42-31/h8,10,15-16,19,21,24-25,29-30H,6-7,9,11-14,17H2,1-5H3/t19-,21-,24+,25+,29+,30-,31-,32-/m1/s1. The monoisotopic (exact) mass is 595 g/mol. The highest BCUT2D eigenvalue weighted by Gasteiger charge is 2.69. The average molecular weight is 596 g/mol. The van der Waals surface area contributed by atoms with Gasteiger partial charge in [-0.25, -0.2) is 19.3 Å². The van der Waals surface area contributed by atoms with E-state index in [1.165, 1.54) is 6.07 Å². The van der Waals surface area contributed by atoms with Gasteiger partial charge in [-0.05, 0) is 81.9 Å². The van der Waals surface area contributed by atoms with Crippen molar-refractivity contribution in [2.45, 2.75) is 104 Å². The molecule has 1 spiro atoms. The Morgan fingerprint density at radius 2 is 1.98 bits per heavy atom. The Morgan fingerprint density at radius 3 is 2.84 bits per heavy atom. The van der Waals surface area contributed by atoms with E-state index in [4.69, 9.17) is 33.1 Å². The molecule has 11 heteroatoms. The van der Waals surface area contributed by atoms with E-state index in [9.17, 15) is 4.79 Å². The predicted octanol–water partition coefficient (Wildman–Crippen LogP) is 5.20. The zero-order valence-corrected chi connectivity index (χ0v) is 25.5. The van der Waals surface area contributed by atoms with E-state index in [0.717, 1.165) is 54.3 Å². The van der Waals surface area contributed by atoms with Crippen molar-refractivity contribution in [3.05, 3.63) is 51.6 Å². The molecule has 11 nitrogen and oxygen atoms in total. The molecule has 43 heavy (non-hydrogen) atoms. The first-order valence-electron chi connectivity index (χ1n) is 15.5. The number of nitrogens with zero attached hydrogens (tertiary/aromatic N) is 3. The van der Waals surface area contributed by atoms with Gasteiger partial charge >= 0.3 is 5.63 Å². The quantitative estimate of drug-likeness (QED) is 0.196. The Morgan fingerprint density at radius 1 is 1.12 bits per heavy atom. The summed E-state index contributed by atoms with van der Waals surface area (Å²) in [4.78, 5) is 24.3. The summed E-state index contributed by atoms with van der Waals surface area (Å²) in [6.07, 6.45) is 6.41. The summed E-state index contributed by atoms with van der Waals surface area (Å²) in [6, 6.07) is 5.25. The molecular formula is C32H41N3O8. The molecule has 1 saturated carbocycles. The van der Waals surface area contributed by atoms with Crippen LogP contribution < -0.4 is 10.4 Å². The van der Waals surface area contributed by atoms with Crippen molar-refractivity contribution in [1.29, 1.82) is 0 Å². The van der Waals surface area contributed by atoms with E-state index >= 15 is 0 Å². The van der Waals surface area contributed by atoms with E-state index in [1.54, 1.807) is 4.68 Å². The zero-order valence-electron chi connectivity index (χ0n) is 25.5. The van der Waals surface area contributed by atoms with Crippen LogP contribution in [0.5, 0.6) is 5.75 Å². The topological polar surface area (TPSA) is 116 Å². The number of hydrogen-bond acceptors (Lipinski definition) is 10. The van der Waals surface area contributed by atoms with Gasteiger partial charge in [0.05, 0.1) is 30.0 Å². The fraction of sp³-hybridized carbons (Fsp3) is 0.656. The second-order valence-electron chi connectivity index (χ2n) is 13.1. The minimum absolute atomic E-state index is 0.122. The highest BCUT2D eigenvalue weighted by atomic mass is 17.3. The Labute approximate surface area is 250 Å². The fourth-order valence-corrected chi connectivity index (χ4v) is 7.72. The lowest BCUT2D eigenvalue weighted by atomic mass is 9.58. The fourth-order valence-electron chi connectivity index (χ4n) is 7.72. The van der Waals surface area contributed by atoms with Crippen LogP contribution in [0.3, 0.4) is 0 Å². The number of aryl methyl sites for hydroxylation is 3. The Bertz CT molecular complexity index is 1560. The molecule has 0 amide bonds. The van der Waals surface area contributed by atoms with E-state index in [2.05, 4.69) is 24.2 Å². The van der Waals surface area contributed by atoms with Crippen LogP contribution in [0.25, 0.3) is 11.0 Å². The third-order valence-electron chi connectivity index (χ3n) is 10.3. The maximum absolute atomic E-state index is 12.1. The molecule has 2 aromatic heterocycles. The first-order valence-corrected chi connectivity index (χ1v) is 15.5. The molecule has 8 rings (SSSR count). The molecule has 5 fully saturated rings. The van der Waals surface area contributed by atoms with Gasteiger partial charge in [-0.15, -0.1) is 5.10 Å². The SMILES string of the molecule is Cc1ccc2c(OCn3cc(CCCO[C@H]4O[C@@H]5O[C@@]6(C)CC[C@H]7[C@H](C)CC[C@@H]([C@H]4C)[C@@]57OO6)nn3)cc(=O)oc2c1C. The Hall–Kier alpha value is -2.83. The maximum Gasteiger partial charge on any atom is 0.339 e. The normalized spacial score (nSPS) is 35.1. The van der Waals surface area contributed by atoms with Gasteiger partial charge in [-0.1, -0.05) is 25.1 Å². The summed E-state index contributed by atoms with van der Waals surface area (Å²) in [5.41, 5.74) is 2.31. The second-order valence-corrected chi connectivity index (χ2v) is 13.1. The number of hydrogen-bond donors (Lipinski definition) is 0. The van der Waals surface area contributed by atoms with Crippen LogP contribution in [0.4, 0.5) is 0 Å². The van der Waals surface area contributed by atoms with Crippen molar-refractivity contribution in [3.8, 4) is 5.75 Å². The molecule has 1 aliphatic carbocycles. The number of aromatic nitrogens is 3. The second kappa shape index (κ2) is 11.0. The largest absolute Gasteiger partial charge is 0.470 e. The predicted molar refractivity (Wildman–Crippen MR) is 154 cm³/mol. The molecule has 0 radical (unpaired) electrons. The van der Waals surface area contributed by atoms with Crippen LogP contribution >= 0.6 is 0 Å². The summed E-state index contributed by atoms with van der Waals surface area (Å²) >= 11 is 0. The maximum atomic E-state index is 12.1. The molecule has 8 atom stereocenters. The summed E-state index contributed by atoms with van der Waals surface area (Å²) < 4.78 is 32.3. The molecular weight excluding hydrogens is 554 g/mol. The van der Waals surface area contributed by atoms with Crippen molar-refractivity contribution in [2.75, 3.05) is 6.61 Å². The Balaban J connectivity index is 0.949. The van der Waals surface area contributed by atoms with Gasteiger partial charge in [0.1, 0.15) is 11.3 Å². The smallest absolute Gasteiger partial charge is 0.339 e. The average Bonchev–Trinajstić information content (AvgIpc) is 3.32. The zero-order chi connectivity index (χ0) is 29.9. The minimum atomic E-state index is -0.795. The molecule has 2 bridgehead atoms. The summed E-state index contributed by atoms with van der Waals surface area (Å²) in [5.74, 6) is 0.902. The third-order valence-corrected chi connectivity index (χ3v) is 10.3. The third kappa shape index (κ3) is 4.99. The first-order chi connectivity index (χ1) is 20.7. The first kappa shape index (κ1) is 28.9.